The Bertz CT molecular complexity index is 591. The standard InChI is InChI=1S/C16H13.2ClH.Hf/c1-12-10-14-8-5-9-15(16(14)11-12)13-6-3-2-4-7-13;;;/h2-11H,1H3;2*1H;. The van der Waals surface area contributed by atoms with E-state index in [1.807, 2.05) is 0 Å². The van der Waals surface area contributed by atoms with Gasteiger partial charge in [0.1, 0.15) is 0 Å². The topological polar surface area (TPSA) is 0 Å². The molecule has 97 valence electrons. The van der Waals surface area contributed by atoms with E-state index in [-0.39, 0.29) is 24.8 Å². The minimum absolute atomic E-state index is 0. The molecule has 0 N–H and O–H groups in total. The fourth-order valence-corrected chi connectivity index (χ4v) is 3.63. The van der Waals surface area contributed by atoms with E-state index in [0.29, 0.717) is 3.67 Å². The largest absolute Gasteiger partial charge is 0.147 e. The van der Waals surface area contributed by atoms with Crippen LogP contribution in [0.3, 0.4) is 0 Å². The van der Waals surface area contributed by atoms with E-state index >= 15 is 0 Å². The van der Waals surface area contributed by atoms with Gasteiger partial charge in [-0.3, -0.25) is 0 Å². The molecule has 1 aliphatic rings. The predicted molar refractivity (Wildman–Crippen MR) is 82.8 cm³/mol. The molecule has 0 saturated heterocycles. The first-order valence-corrected chi connectivity index (χ1v) is 7.92. The van der Waals surface area contributed by atoms with Gasteiger partial charge in [-0.1, -0.05) is 0 Å². The predicted octanol–water partition coefficient (Wildman–Crippen LogP) is 5.20. The van der Waals surface area contributed by atoms with Crippen molar-refractivity contribution in [3.05, 3.63) is 65.2 Å². The zero-order valence-electron chi connectivity index (χ0n) is 10.6. The van der Waals surface area contributed by atoms with Crippen molar-refractivity contribution in [2.45, 2.75) is 10.6 Å². The molecule has 0 nitrogen and oxygen atoms in total. The number of hydrogen-bond acceptors (Lipinski definition) is 0. The van der Waals surface area contributed by atoms with Gasteiger partial charge < -0.3 is 0 Å². The Hall–Kier alpha value is -0.370. The molecule has 0 aromatic heterocycles. The van der Waals surface area contributed by atoms with Crippen molar-refractivity contribution in [1.82, 2.24) is 0 Å². The molecule has 0 heterocycles. The second kappa shape index (κ2) is 6.88. The summed E-state index contributed by atoms with van der Waals surface area (Å²) in [6.45, 7) is 2.26. The number of hydrogen-bond donors (Lipinski definition) is 0. The van der Waals surface area contributed by atoms with E-state index in [1.165, 1.54) is 52.2 Å². The monoisotopic (exact) mass is 457 g/mol. The summed E-state index contributed by atoms with van der Waals surface area (Å²) in [4.78, 5) is 0. The zero-order valence-corrected chi connectivity index (χ0v) is 15.8. The number of benzene rings is 2. The van der Waals surface area contributed by atoms with Gasteiger partial charge in [0.25, 0.3) is 0 Å². The van der Waals surface area contributed by atoms with Crippen LogP contribution in [-0.4, -0.2) is 0 Å². The molecule has 0 radical (unpaired) electrons. The van der Waals surface area contributed by atoms with E-state index in [4.69, 9.17) is 0 Å². The molecule has 0 spiro atoms. The summed E-state index contributed by atoms with van der Waals surface area (Å²) in [5.41, 5.74) is 7.19. The van der Waals surface area contributed by atoms with Crippen molar-refractivity contribution in [3.8, 4) is 11.1 Å². The third kappa shape index (κ3) is 3.04. The first kappa shape index (κ1) is 16.7. The van der Waals surface area contributed by atoms with Crippen molar-refractivity contribution < 1.29 is 24.4 Å². The van der Waals surface area contributed by atoms with Crippen LogP contribution < -0.4 is 0 Å². The molecule has 2 aromatic carbocycles. The van der Waals surface area contributed by atoms with E-state index in [9.17, 15) is 0 Å². The van der Waals surface area contributed by atoms with Crippen LogP contribution in [0.4, 0.5) is 0 Å². The number of halogens is 2. The molecule has 0 aliphatic heterocycles. The minimum Gasteiger partial charge on any atom is -0.147 e. The summed E-state index contributed by atoms with van der Waals surface area (Å²) in [6, 6.07) is 17.4. The van der Waals surface area contributed by atoms with Crippen molar-refractivity contribution >= 4 is 30.9 Å². The third-order valence-electron chi connectivity index (χ3n) is 3.36. The molecule has 2 aromatic rings. The van der Waals surface area contributed by atoms with Gasteiger partial charge in [-0.25, -0.2) is 0 Å². The first-order valence-electron chi connectivity index (χ1n) is 5.85. The summed E-state index contributed by atoms with van der Waals surface area (Å²) in [7, 11) is 0. The van der Waals surface area contributed by atoms with Gasteiger partial charge in [0, 0.05) is 0 Å². The van der Waals surface area contributed by atoms with Gasteiger partial charge in [-0.15, -0.1) is 24.8 Å². The fourth-order valence-electron chi connectivity index (χ4n) is 2.42. The summed E-state index contributed by atoms with van der Waals surface area (Å²) in [5.74, 6) is 0. The average molecular weight is 457 g/mol. The molecule has 0 bridgehead atoms. The Balaban J connectivity index is 0.000000902. The van der Waals surface area contributed by atoms with E-state index in [1.54, 1.807) is 0 Å². The molecule has 0 saturated carbocycles. The number of allylic oxidation sites excluding steroid dienone is 1. The molecule has 0 fully saturated rings. The Labute approximate surface area is 141 Å². The molecule has 19 heavy (non-hydrogen) atoms. The second-order valence-corrected chi connectivity index (χ2v) is 6.57. The maximum absolute atomic E-state index is 2.37. The van der Waals surface area contributed by atoms with Crippen molar-refractivity contribution in [1.29, 1.82) is 0 Å². The Kier molecular flexibility index (Phi) is 6.04. The van der Waals surface area contributed by atoms with Crippen LogP contribution in [0.2, 0.25) is 0 Å². The summed E-state index contributed by atoms with van der Waals surface area (Å²) < 4.78 is 0.702. The Morgan fingerprint density at radius 2 is 1.58 bits per heavy atom. The molecule has 3 rings (SSSR count). The van der Waals surface area contributed by atoms with Crippen LogP contribution in [0.1, 0.15) is 21.7 Å². The van der Waals surface area contributed by atoms with Gasteiger partial charge in [0.05, 0.1) is 0 Å². The summed E-state index contributed by atoms with van der Waals surface area (Å²) in [5, 5.41) is 0. The molecular weight excluding hydrogens is 442 g/mol. The maximum atomic E-state index is 2.37. The number of rotatable bonds is 1. The Morgan fingerprint density at radius 3 is 2.26 bits per heavy atom. The van der Waals surface area contributed by atoms with Gasteiger partial charge in [0.15, 0.2) is 0 Å². The van der Waals surface area contributed by atoms with E-state index < -0.39 is 0 Å². The Morgan fingerprint density at radius 1 is 0.895 bits per heavy atom. The second-order valence-electron chi connectivity index (χ2n) is 4.50. The van der Waals surface area contributed by atoms with E-state index in [2.05, 4.69) is 61.5 Å². The van der Waals surface area contributed by atoms with E-state index in [0.717, 1.165) is 0 Å². The van der Waals surface area contributed by atoms with Crippen LogP contribution in [-0.2, 0) is 24.4 Å². The summed E-state index contributed by atoms with van der Waals surface area (Å²) in [6.07, 6.45) is 2.37. The maximum Gasteiger partial charge on any atom is -0.147 e. The zero-order chi connectivity index (χ0) is 11.8. The molecular formula is C16H15Cl2Hf. The van der Waals surface area contributed by atoms with Crippen LogP contribution in [0.25, 0.3) is 17.2 Å². The van der Waals surface area contributed by atoms with Crippen LogP contribution in [0.5, 0.6) is 0 Å². The van der Waals surface area contributed by atoms with Crippen LogP contribution in [0, 0.1) is 0 Å². The SMILES string of the molecule is CC1=Cc2c(-c3ccccc3)cccc2[CH]1[Hf].Cl.Cl. The van der Waals surface area contributed by atoms with Crippen LogP contribution >= 0.6 is 24.8 Å². The smallest absolute Gasteiger partial charge is 0.147 e. The fraction of sp³-hybridized carbons (Fsp3) is 0.125. The van der Waals surface area contributed by atoms with Gasteiger partial charge in [-0.2, -0.15) is 0 Å². The third-order valence-corrected chi connectivity index (χ3v) is 6.12. The molecule has 1 unspecified atom stereocenters. The molecule has 0 amide bonds. The molecule has 3 heteroatoms. The van der Waals surface area contributed by atoms with Gasteiger partial charge in [-0.05, 0) is 0 Å². The molecule has 1 atom stereocenters. The van der Waals surface area contributed by atoms with Crippen LogP contribution in [0.15, 0.2) is 54.1 Å². The molecule has 1 aliphatic carbocycles. The van der Waals surface area contributed by atoms with Gasteiger partial charge in [0.2, 0.25) is 0 Å². The minimum atomic E-state index is 0. The van der Waals surface area contributed by atoms with Crippen molar-refractivity contribution in [2.75, 3.05) is 0 Å². The van der Waals surface area contributed by atoms with Crippen molar-refractivity contribution in [3.63, 3.8) is 0 Å². The summed E-state index contributed by atoms with van der Waals surface area (Å²) >= 11 is 1.21. The average Bonchev–Trinajstić information content (AvgIpc) is 2.67. The van der Waals surface area contributed by atoms with Crippen molar-refractivity contribution in [2.24, 2.45) is 0 Å². The normalized spacial score (nSPS) is 15.8. The first-order chi connectivity index (χ1) is 8.27. The number of fused-ring (bicyclic) bond motifs is 1. The van der Waals surface area contributed by atoms with Gasteiger partial charge >= 0.3 is 117 Å². The quantitative estimate of drug-likeness (QED) is 0.517.